The van der Waals surface area contributed by atoms with Crippen LogP contribution < -0.4 is 9.62 Å². The Morgan fingerprint density at radius 1 is 0.943 bits per heavy atom. The first-order valence-corrected chi connectivity index (χ1v) is 13.8. The van der Waals surface area contributed by atoms with Crippen LogP contribution >= 0.6 is 0 Å². The van der Waals surface area contributed by atoms with Crippen LogP contribution in [0.15, 0.2) is 48.5 Å². The molecule has 2 aromatic rings. The number of aryl methyl sites for hydroxylation is 1. The highest BCUT2D eigenvalue weighted by molar-refractivity contribution is 7.92. The highest BCUT2D eigenvalue weighted by Crippen LogP contribution is 2.21. The lowest BCUT2D eigenvalue weighted by Gasteiger charge is -2.33. The number of carbonyl (C=O) groups excluding carboxylic acids is 2. The van der Waals surface area contributed by atoms with Crippen LogP contribution in [0.5, 0.6) is 0 Å². The number of rotatable bonds is 12. The van der Waals surface area contributed by atoms with Crippen molar-refractivity contribution in [3.63, 3.8) is 0 Å². The molecule has 192 valence electrons. The molecule has 2 amide bonds. The first-order chi connectivity index (χ1) is 16.5. The van der Waals surface area contributed by atoms with E-state index in [4.69, 9.17) is 0 Å². The number of anilines is 1. The van der Waals surface area contributed by atoms with Crippen LogP contribution in [-0.2, 0) is 32.6 Å². The summed E-state index contributed by atoms with van der Waals surface area (Å²) in [5.41, 5.74) is 2.05. The predicted molar refractivity (Wildman–Crippen MR) is 137 cm³/mol. The third-order valence-corrected chi connectivity index (χ3v) is 7.11. The van der Waals surface area contributed by atoms with Crippen LogP contribution in [0.3, 0.4) is 0 Å². The molecule has 1 N–H and O–H groups in total. The third kappa shape index (κ3) is 8.06. The maximum atomic E-state index is 13.6. The van der Waals surface area contributed by atoms with Gasteiger partial charge in [-0.25, -0.2) is 12.8 Å². The van der Waals surface area contributed by atoms with Crippen molar-refractivity contribution in [3.05, 3.63) is 65.5 Å². The number of nitrogens with zero attached hydrogens (tertiary/aromatic N) is 2. The average Bonchev–Trinajstić information content (AvgIpc) is 2.82. The summed E-state index contributed by atoms with van der Waals surface area (Å²) < 4.78 is 39.8. The zero-order valence-electron chi connectivity index (χ0n) is 21.1. The molecule has 0 saturated heterocycles. The van der Waals surface area contributed by atoms with Gasteiger partial charge in [-0.2, -0.15) is 0 Å². The topological polar surface area (TPSA) is 86.8 Å². The summed E-state index contributed by atoms with van der Waals surface area (Å²) in [5.74, 6) is -1.24. The second-order valence-electron chi connectivity index (χ2n) is 8.68. The quantitative estimate of drug-likeness (QED) is 0.474. The van der Waals surface area contributed by atoms with Crippen molar-refractivity contribution < 1.29 is 22.4 Å². The first-order valence-electron chi connectivity index (χ1n) is 11.9. The molecule has 2 rings (SSSR count). The van der Waals surface area contributed by atoms with Gasteiger partial charge >= 0.3 is 0 Å². The van der Waals surface area contributed by atoms with Crippen LogP contribution in [0.25, 0.3) is 0 Å². The van der Waals surface area contributed by atoms with Crippen molar-refractivity contribution in [2.45, 2.75) is 65.6 Å². The maximum absolute atomic E-state index is 13.6. The number of hydrogen-bond donors (Lipinski definition) is 1. The molecule has 7 nitrogen and oxygen atoms in total. The van der Waals surface area contributed by atoms with Crippen LogP contribution in [0.1, 0.15) is 51.7 Å². The fourth-order valence-electron chi connectivity index (χ4n) is 3.66. The number of benzene rings is 2. The molecular formula is C26H36FN3O4S. The van der Waals surface area contributed by atoms with Gasteiger partial charge in [0.05, 0.1) is 11.9 Å². The Kier molecular flexibility index (Phi) is 10.2. The Balaban J connectivity index is 2.42. The van der Waals surface area contributed by atoms with E-state index in [1.807, 2.05) is 32.9 Å². The molecule has 0 aliphatic rings. The fourth-order valence-corrected chi connectivity index (χ4v) is 4.51. The molecule has 0 heterocycles. The Labute approximate surface area is 208 Å². The summed E-state index contributed by atoms with van der Waals surface area (Å²) in [6, 6.07) is 11.8. The molecule has 2 atom stereocenters. The highest BCUT2D eigenvalue weighted by Gasteiger charge is 2.32. The third-order valence-electron chi connectivity index (χ3n) is 5.96. The Bertz CT molecular complexity index is 1090. The van der Waals surface area contributed by atoms with Crippen LogP contribution in [0.2, 0.25) is 0 Å². The number of amides is 2. The number of hydrogen-bond acceptors (Lipinski definition) is 4. The summed E-state index contributed by atoms with van der Waals surface area (Å²) in [7, 11) is -3.78. The SMILES string of the molecule is CCc1ccc(N(CC(=O)N(Cc2ccc(F)cc2)C(CC)C(=O)NC(C)CC)S(C)(=O)=O)cc1. The molecule has 0 radical (unpaired) electrons. The van der Waals surface area contributed by atoms with Gasteiger partial charge in [0.15, 0.2) is 0 Å². The lowest BCUT2D eigenvalue weighted by molar-refractivity contribution is -0.140. The van der Waals surface area contributed by atoms with Gasteiger partial charge < -0.3 is 10.2 Å². The molecule has 0 saturated carbocycles. The molecule has 2 unspecified atom stereocenters. The van der Waals surface area contributed by atoms with Crippen molar-refractivity contribution >= 4 is 27.5 Å². The molecule has 0 fully saturated rings. The van der Waals surface area contributed by atoms with Crippen LogP contribution in [-0.4, -0.2) is 50.0 Å². The average molecular weight is 506 g/mol. The van der Waals surface area contributed by atoms with E-state index in [0.717, 1.165) is 29.0 Å². The fraction of sp³-hybridized carbons (Fsp3) is 0.462. The van der Waals surface area contributed by atoms with Gasteiger partial charge in [-0.1, -0.05) is 45.0 Å². The zero-order valence-corrected chi connectivity index (χ0v) is 21.9. The second kappa shape index (κ2) is 12.7. The van der Waals surface area contributed by atoms with E-state index in [9.17, 15) is 22.4 Å². The zero-order chi connectivity index (χ0) is 26.2. The molecule has 0 spiro atoms. The minimum Gasteiger partial charge on any atom is -0.352 e. The smallest absolute Gasteiger partial charge is 0.244 e. The van der Waals surface area contributed by atoms with E-state index in [1.165, 1.54) is 17.0 Å². The Morgan fingerprint density at radius 2 is 1.51 bits per heavy atom. The lowest BCUT2D eigenvalue weighted by Crippen LogP contribution is -2.53. The Morgan fingerprint density at radius 3 is 2.00 bits per heavy atom. The van der Waals surface area contributed by atoms with Gasteiger partial charge in [-0.15, -0.1) is 0 Å². The molecule has 0 aliphatic heterocycles. The standard InChI is InChI=1S/C26H36FN3O4S/c1-6-19(4)28-26(32)24(8-3)29(17-21-9-13-22(27)14-10-21)25(31)18-30(35(5,33)34)23-15-11-20(7-2)12-16-23/h9-16,19,24H,6-8,17-18H2,1-5H3,(H,28,32). The summed E-state index contributed by atoms with van der Waals surface area (Å²) in [5, 5.41) is 2.91. The molecule has 2 aromatic carbocycles. The molecule has 0 aliphatic carbocycles. The van der Waals surface area contributed by atoms with Crippen molar-refractivity contribution in [2.75, 3.05) is 17.1 Å². The maximum Gasteiger partial charge on any atom is 0.244 e. The summed E-state index contributed by atoms with van der Waals surface area (Å²) >= 11 is 0. The van der Waals surface area contributed by atoms with Crippen molar-refractivity contribution in [2.24, 2.45) is 0 Å². The van der Waals surface area contributed by atoms with Crippen molar-refractivity contribution in [1.29, 1.82) is 0 Å². The molecule has 35 heavy (non-hydrogen) atoms. The summed E-state index contributed by atoms with van der Waals surface area (Å²) in [4.78, 5) is 28.0. The minimum atomic E-state index is -3.78. The van der Waals surface area contributed by atoms with E-state index < -0.39 is 34.3 Å². The molecule has 0 aromatic heterocycles. The number of halogens is 1. The minimum absolute atomic E-state index is 0.0396. The van der Waals surface area contributed by atoms with Crippen molar-refractivity contribution in [3.8, 4) is 0 Å². The number of carbonyl (C=O) groups is 2. The van der Waals surface area contributed by atoms with E-state index in [2.05, 4.69) is 5.32 Å². The van der Waals surface area contributed by atoms with Gasteiger partial charge in [0.1, 0.15) is 18.4 Å². The molecule has 0 bridgehead atoms. The number of nitrogens with one attached hydrogen (secondary N) is 1. The van der Waals surface area contributed by atoms with Crippen molar-refractivity contribution in [1.82, 2.24) is 10.2 Å². The van der Waals surface area contributed by atoms with E-state index >= 15 is 0 Å². The van der Waals surface area contributed by atoms with Gasteiger partial charge in [-0.05, 0) is 61.6 Å². The summed E-state index contributed by atoms with van der Waals surface area (Å²) in [6.07, 6.45) is 2.90. The van der Waals surface area contributed by atoms with Crippen LogP contribution in [0, 0.1) is 5.82 Å². The molecule has 9 heteroatoms. The van der Waals surface area contributed by atoms with Gasteiger partial charge in [0, 0.05) is 12.6 Å². The van der Waals surface area contributed by atoms with Gasteiger partial charge in [0.2, 0.25) is 21.8 Å². The van der Waals surface area contributed by atoms with Crippen LogP contribution in [0.4, 0.5) is 10.1 Å². The normalized spacial score (nSPS) is 13.1. The second-order valence-corrected chi connectivity index (χ2v) is 10.6. The van der Waals surface area contributed by atoms with E-state index in [1.54, 1.807) is 31.2 Å². The first kappa shape index (κ1) is 28.3. The largest absolute Gasteiger partial charge is 0.352 e. The van der Waals surface area contributed by atoms with E-state index in [-0.39, 0.29) is 18.5 Å². The number of sulfonamides is 1. The lowest BCUT2D eigenvalue weighted by atomic mass is 10.1. The van der Waals surface area contributed by atoms with Gasteiger partial charge in [0.25, 0.3) is 0 Å². The molecular weight excluding hydrogens is 469 g/mol. The van der Waals surface area contributed by atoms with E-state index in [0.29, 0.717) is 17.7 Å². The monoisotopic (exact) mass is 505 g/mol. The van der Waals surface area contributed by atoms with Gasteiger partial charge in [-0.3, -0.25) is 13.9 Å². The Hall–Kier alpha value is -2.94. The highest BCUT2D eigenvalue weighted by atomic mass is 32.2. The predicted octanol–water partition coefficient (Wildman–Crippen LogP) is 3.88. The summed E-state index contributed by atoms with van der Waals surface area (Å²) in [6.45, 7) is 7.19.